The Labute approximate surface area is 112 Å². The highest BCUT2D eigenvalue weighted by atomic mass is 19.1. The van der Waals surface area contributed by atoms with Crippen LogP contribution in [0.25, 0.3) is 0 Å². The van der Waals surface area contributed by atoms with Gasteiger partial charge in [0.15, 0.2) is 0 Å². The van der Waals surface area contributed by atoms with Crippen molar-refractivity contribution in [2.24, 2.45) is 0 Å². The van der Waals surface area contributed by atoms with Crippen LogP contribution in [0.1, 0.15) is 31.1 Å². The third-order valence-corrected chi connectivity index (χ3v) is 2.75. The molecule has 0 spiro atoms. The molecule has 0 aliphatic rings. The Morgan fingerprint density at radius 2 is 1.37 bits per heavy atom. The fourth-order valence-electron chi connectivity index (χ4n) is 1.84. The van der Waals surface area contributed by atoms with Crippen LogP contribution in [-0.4, -0.2) is 11.2 Å². The van der Waals surface area contributed by atoms with E-state index in [0.29, 0.717) is 5.56 Å². The van der Waals surface area contributed by atoms with Crippen molar-refractivity contribution >= 4 is 0 Å². The van der Waals surface area contributed by atoms with Crippen molar-refractivity contribution in [1.82, 2.24) is 0 Å². The van der Waals surface area contributed by atoms with Crippen LogP contribution < -0.4 is 4.74 Å². The molecule has 0 aliphatic carbocycles. The lowest BCUT2D eigenvalue weighted by atomic mass is 10.0. The van der Waals surface area contributed by atoms with E-state index in [-0.39, 0.29) is 11.9 Å². The van der Waals surface area contributed by atoms with Crippen LogP contribution in [0.3, 0.4) is 0 Å². The number of halogens is 1. The average molecular weight is 260 g/mol. The molecule has 1 N–H and O–H groups in total. The van der Waals surface area contributed by atoms with Crippen LogP contribution in [-0.2, 0) is 0 Å². The van der Waals surface area contributed by atoms with Gasteiger partial charge in [-0.3, -0.25) is 0 Å². The van der Waals surface area contributed by atoms with Crippen molar-refractivity contribution in [2.75, 3.05) is 0 Å². The van der Waals surface area contributed by atoms with Crippen LogP contribution in [0.5, 0.6) is 5.75 Å². The molecule has 0 aliphatic heterocycles. The molecule has 0 bridgehead atoms. The van der Waals surface area contributed by atoms with Gasteiger partial charge in [-0.15, -0.1) is 0 Å². The average Bonchev–Trinajstić information content (AvgIpc) is 2.39. The summed E-state index contributed by atoms with van der Waals surface area (Å²) in [5, 5.41) is 10.2. The minimum Gasteiger partial charge on any atom is -0.491 e. The number of ether oxygens (including phenoxy) is 1. The Morgan fingerprint density at radius 3 is 1.84 bits per heavy atom. The van der Waals surface area contributed by atoms with E-state index < -0.39 is 6.10 Å². The highest BCUT2D eigenvalue weighted by Gasteiger charge is 2.10. The smallest absolute Gasteiger partial charge is 0.123 e. The molecule has 2 nitrogen and oxygen atoms in total. The largest absolute Gasteiger partial charge is 0.491 e. The van der Waals surface area contributed by atoms with Gasteiger partial charge in [-0.25, -0.2) is 4.39 Å². The molecule has 0 saturated carbocycles. The molecular weight excluding hydrogens is 243 g/mol. The predicted molar refractivity (Wildman–Crippen MR) is 72.7 cm³/mol. The maximum Gasteiger partial charge on any atom is 0.123 e. The molecule has 1 atom stereocenters. The first-order chi connectivity index (χ1) is 9.06. The summed E-state index contributed by atoms with van der Waals surface area (Å²) < 4.78 is 18.4. The molecule has 2 rings (SSSR count). The van der Waals surface area contributed by atoms with Gasteiger partial charge >= 0.3 is 0 Å². The molecule has 0 saturated heterocycles. The summed E-state index contributed by atoms with van der Waals surface area (Å²) in [6.07, 6.45) is -0.637. The summed E-state index contributed by atoms with van der Waals surface area (Å²) >= 11 is 0. The maximum atomic E-state index is 12.8. The van der Waals surface area contributed by atoms with Crippen LogP contribution in [0.2, 0.25) is 0 Å². The topological polar surface area (TPSA) is 29.5 Å². The first kappa shape index (κ1) is 13.6. The number of hydrogen-bond acceptors (Lipinski definition) is 2. The lowest BCUT2D eigenvalue weighted by Crippen LogP contribution is -2.06. The quantitative estimate of drug-likeness (QED) is 0.908. The summed E-state index contributed by atoms with van der Waals surface area (Å²) in [6, 6.07) is 13.1. The Balaban J connectivity index is 2.15. The summed E-state index contributed by atoms with van der Waals surface area (Å²) in [6.45, 7) is 3.92. The van der Waals surface area contributed by atoms with Crippen molar-refractivity contribution in [3.8, 4) is 5.75 Å². The van der Waals surface area contributed by atoms with Crippen molar-refractivity contribution in [3.63, 3.8) is 0 Å². The zero-order valence-corrected chi connectivity index (χ0v) is 11.0. The van der Waals surface area contributed by atoms with Gasteiger partial charge in [0, 0.05) is 0 Å². The number of rotatable bonds is 4. The first-order valence-corrected chi connectivity index (χ1v) is 6.26. The van der Waals surface area contributed by atoms with Gasteiger partial charge in [0.2, 0.25) is 0 Å². The van der Waals surface area contributed by atoms with Gasteiger partial charge in [0.25, 0.3) is 0 Å². The van der Waals surface area contributed by atoms with Crippen molar-refractivity contribution in [3.05, 3.63) is 65.5 Å². The second-order valence-corrected chi connectivity index (χ2v) is 4.69. The summed E-state index contributed by atoms with van der Waals surface area (Å²) in [5.74, 6) is 0.460. The van der Waals surface area contributed by atoms with Gasteiger partial charge in [-0.05, 0) is 49.2 Å². The summed E-state index contributed by atoms with van der Waals surface area (Å²) in [5.41, 5.74) is 1.42. The highest BCUT2D eigenvalue weighted by molar-refractivity contribution is 5.34. The first-order valence-electron chi connectivity index (χ1n) is 6.26. The van der Waals surface area contributed by atoms with Gasteiger partial charge in [0.05, 0.1) is 6.10 Å². The van der Waals surface area contributed by atoms with E-state index in [0.717, 1.165) is 11.3 Å². The second-order valence-electron chi connectivity index (χ2n) is 4.69. The maximum absolute atomic E-state index is 12.8. The SMILES string of the molecule is CC(C)Oc1ccc(C(O)c2ccc(F)cc2)cc1. The second kappa shape index (κ2) is 5.85. The third-order valence-electron chi connectivity index (χ3n) is 2.75. The molecule has 3 heteroatoms. The van der Waals surface area contributed by atoms with Crippen molar-refractivity contribution in [1.29, 1.82) is 0 Å². The molecule has 0 heterocycles. The van der Waals surface area contributed by atoms with E-state index in [1.54, 1.807) is 12.1 Å². The molecule has 0 aromatic heterocycles. The van der Waals surface area contributed by atoms with E-state index in [2.05, 4.69) is 0 Å². The minimum atomic E-state index is -0.756. The van der Waals surface area contributed by atoms with E-state index in [1.807, 2.05) is 38.1 Å². The number of aliphatic hydroxyl groups is 1. The molecule has 2 aromatic carbocycles. The Hall–Kier alpha value is -1.87. The molecular formula is C16H17FO2. The fraction of sp³-hybridized carbons (Fsp3) is 0.250. The van der Waals surface area contributed by atoms with Crippen LogP contribution in [0.15, 0.2) is 48.5 Å². The highest BCUT2D eigenvalue weighted by Crippen LogP contribution is 2.24. The molecule has 19 heavy (non-hydrogen) atoms. The predicted octanol–water partition coefficient (Wildman–Crippen LogP) is 3.69. The van der Waals surface area contributed by atoms with E-state index >= 15 is 0 Å². The van der Waals surface area contributed by atoms with E-state index in [4.69, 9.17) is 4.74 Å². The lowest BCUT2D eigenvalue weighted by molar-refractivity contribution is 0.219. The molecule has 1 unspecified atom stereocenters. The third kappa shape index (κ3) is 3.55. The molecule has 2 aromatic rings. The Morgan fingerprint density at radius 1 is 0.895 bits per heavy atom. The Bertz CT molecular complexity index is 517. The zero-order chi connectivity index (χ0) is 13.8. The minimum absolute atomic E-state index is 0.118. The van der Waals surface area contributed by atoms with Gasteiger partial charge < -0.3 is 9.84 Å². The standard InChI is InChI=1S/C16H17FO2/c1-11(2)19-15-9-5-13(6-10-15)16(18)12-3-7-14(17)8-4-12/h3-11,16,18H,1-2H3. The molecule has 100 valence electrons. The number of benzene rings is 2. The monoisotopic (exact) mass is 260 g/mol. The van der Waals surface area contributed by atoms with Crippen molar-refractivity contribution < 1.29 is 14.2 Å². The zero-order valence-electron chi connectivity index (χ0n) is 11.0. The number of aliphatic hydroxyl groups excluding tert-OH is 1. The summed E-state index contributed by atoms with van der Waals surface area (Å²) in [7, 11) is 0. The number of hydrogen-bond donors (Lipinski definition) is 1. The summed E-state index contributed by atoms with van der Waals surface area (Å²) in [4.78, 5) is 0. The van der Waals surface area contributed by atoms with Crippen molar-refractivity contribution in [2.45, 2.75) is 26.1 Å². The van der Waals surface area contributed by atoms with Crippen LogP contribution in [0.4, 0.5) is 4.39 Å². The molecule has 0 fully saturated rings. The van der Waals surface area contributed by atoms with Crippen LogP contribution in [0, 0.1) is 5.82 Å². The van der Waals surface area contributed by atoms with E-state index in [1.165, 1.54) is 12.1 Å². The van der Waals surface area contributed by atoms with Gasteiger partial charge in [-0.2, -0.15) is 0 Å². The molecule has 0 amide bonds. The van der Waals surface area contributed by atoms with Gasteiger partial charge in [-0.1, -0.05) is 24.3 Å². The van der Waals surface area contributed by atoms with Crippen LogP contribution >= 0.6 is 0 Å². The Kier molecular flexibility index (Phi) is 4.17. The molecule has 0 radical (unpaired) electrons. The van der Waals surface area contributed by atoms with Gasteiger partial charge in [0.1, 0.15) is 17.7 Å². The van der Waals surface area contributed by atoms with E-state index in [9.17, 15) is 9.50 Å². The fourth-order valence-corrected chi connectivity index (χ4v) is 1.84. The lowest BCUT2D eigenvalue weighted by Gasteiger charge is -2.13. The normalized spacial score (nSPS) is 12.5.